The molecule has 3 fully saturated rings. The summed E-state index contributed by atoms with van der Waals surface area (Å²) in [6.07, 6.45) is 8.34. The molecule has 20 heavy (non-hydrogen) atoms. The summed E-state index contributed by atoms with van der Waals surface area (Å²) < 4.78 is 0. The van der Waals surface area contributed by atoms with E-state index in [-0.39, 0.29) is 5.54 Å². The number of hydrogen-bond donors (Lipinski definition) is 1. The van der Waals surface area contributed by atoms with E-state index in [1.165, 1.54) is 32.1 Å². The van der Waals surface area contributed by atoms with Crippen LogP contribution in [0.1, 0.15) is 43.2 Å². The van der Waals surface area contributed by atoms with Gasteiger partial charge in [-0.15, -0.1) is 0 Å². The van der Waals surface area contributed by atoms with Gasteiger partial charge in [0.05, 0.1) is 5.54 Å². The fraction of sp³-hybridized carbons (Fsp3) is 0.533. The predicted octanol–water partition coefficient (Wildman–Crippen LogP) is 4.83. The number of benzene rings is 1. The van der Waals surface area contributed by atoms with Crippen LogP contribution in [0.4, 0.5) is 0 Å². The molecule has 0 heterocycles. The van der Waals surface area contributed by atoms with Crippen LogP contribution < -0.4 is 0 Å². The van der Waals surface area contributed by atoms with E-state index in [1.807, 2.05) is 31.3 Å². The third-order valence-corrected chi connectivity index (χ3v) is 4.34. The fourth-order valence-electron chi connectivity index (χ4n) is 3.31. The molecule has 0 aromatic heterocycles. The number of para-hydroxylation sites is 1. The molecule has 4 rings (SSSR count). The van der Waals surface area contributed by atoms with Gasteiger partial charge in [-0.3, -0.25) is 4.99 Å². The summed E-state index contributed by atoms with van der Waals surface area (Å²) in [7, 11) is 9.87. The van der Waals surface area contributed by atoms with E-state index in [0.29, 0.717) is 5.75 Å². The number of aromatic hydroxyl groups is 1. The van der Waals surface area contributed by atoms with E-state index in [2.05, 4.69) is 0 Å². The first-order chi connectivity index (χ1) is 9.60. The van der Waals surface area contributed by atoms with Crippen LogP contribution in [0, 0.1) is 12.8 Å². The molecule has 2 bridgehead atoms. The number of phenols is 1. The van der Waals surface area contributed by atoms with Crippen LogP contribution in [0.25, 0.3) is 0 Å². The van der Waals surface area contributed by atoms with Crippen LogP contribution in [0.15, 0.2) is 23.2 Å². The van der Waals surface area contributed by atoms with E-state index in [0.717, 1.165) is 17.0 Å². The van der Waals surface area contributed by atoms with Gasteiger partial charge in [0.1, 0.15) is 5.75 Å². The molecule has 3 saturated carbocycles. The number of aryl methyl sites for hydroxylation is 1. The first-order valence-electron chi connectivity index (χ1n) is 6.90. The summed E-state index contributed by atoms with van der Waals surface area (Å²) in [6, 6.07) is 5.82. The fourth-order valence-corrected chi connectivity index (χ4v) is 3.31. The summed E-state index contributed by atoms with van der Waals surface area (Å²) in [5, 5.41) is 9.93. The molecule has 0 saturated heterocycles. The molecule has 0 radical (unpaired) electrons. The molecule has 0 amide bonds. The van der Waals surface area contributed by atoms with Gasteiger partial charge in [0, 0.05) is 11.8 Å². The van der Waals surface area contributed by atoms with Crippen LogP contribution in [0.2, 0.25) is 0 Å². The first kappa shape index (κ1) is 16.5. The summed E-state index contributed by atoms with van der Waals surface area (Å²) >= 11 is -0.826. The Balaban J connectivity index is 0.000000452. The molecular weight excluding hydrogens is 372 g/mol. The zero-order valence-corrected chi connectivity index (χ0v) is 15.5. The molecule has 1 aromatic carbocycles. The second-order valence-corrected chi connectivity index (χ2v) is 9.46. The third kappa shape index (κ3) is 3.87. The predicted molar refractivity (Wildman–Crippen MR) is 81.4 cm³/mol. The Labute approximate surface area is 139 Å². The molecule has 3 aliphatic carbocycles. The van der Waals surface area contributed by atoms with Crippen molar-refractivity contribution in [2.24, 2.45) is 10.9 Å². The zero-order valence-electron chi connectivity index (χ0n) is 11.6. The first-order valence-corrected chi connectivity index (χ1v) is 13.2. The van der Waals surface area contributed by atoms with Crippen LogP contribution in [-0.2, 0) is 20.8 Å². The second-order valence-electron chi connectivity index (χ2n) is 5.73. The Morgan fingerprint density at radius 1 is 1.40 bits per heavy atom. The van der Waals surface area contributed by atoms with E-state index >= 15 is 0 Å². The third-order valence-electron chi connectivity index (χ3n) is 4.34. The van der Waals surface area contributed by atoms with E-state index in [4.69, 9.17) is 22.0 Å². The second kappa shape index (κ2) is 7.43. The van der Waals surface area contributed by atoms with E-state index in [1.54, 1.807) is 0 Å². The molecule has 2 nitrogen and oxygen atoms in total. The molecule has 5 heteroatoms. The van der Waals surface area contributed by atoms with Crippen molar-refractivity contribution in [1.82, 2.24) is 0 Å². The van der Waals surface area contributed by atoms with Gasteiger partial charge in [-0.2, -0.15) is 0 Å². The van der Waals surface area contributed by atoms with Gasteiger partial charge in [0.15, 0.2) is 0 Å². The van der Waals surface area contributed by atoms with Gasteiger partial charge in [0.2, 0.25) is 0 Å². The van der Waals surface area contributed by atoms with E-state index < -0.39 is 20.8 Å². The number of rotatable bonds is 2. The standard InChI is InChI=1S/C15H19NO.2ClH.Zr/c1-11-4-2-6-13(14(11)17)10-16-15-7-3-5-12(8-15)9-15;;;/h2,4,6,10,12,17H,3,5,7-9H2,1H3;2*1H;/q;;;+2/p-2. The molecule has 0 aliphatic heterocycles. The van der Waals surface area contributed by atoms with Crippen LogP contribution in [0.3, 0.4) is 0 Å². The summed E-state index contributed by atoms with van der Waals surface area (Å²) in [5.41, 5.74) is 1.99. The quantitative estimate of drug-likeness (QED) is 0.720. The van der Waals surface area contributed by atoms with E-state index in [9.17, 15) is 5.11 Å². The van der Waals surface area contributed by atoms with Crippen molar-refractivity contribution in [3.63, 3.8) is 0 Å². The van der Waals surface area contributed by atoms with Crippen LogP contribution in [0.5, 0.6) is 5.75 Å². The summed E-state index contributed by atoms with van der Waals surface area (Å²) in [4.78, 5) is 4.77. The van der Waals surface area contributed by atoms with Crippen molar-refractivity contribution in [2.75, 3.05) is 0 Å². The minimum absolute atomic E-state index is 0.221. The van der Waals surface area contributed by atoms with Gasteiger partial charge in [-0.1, -0.05) is 25.0 Å². The zero-order chi connectivity index (χ0) is 14.6. The number of aliphatic imine (C=N–C) groups is 1. The average molecular weight is 391 g/mol. The molecule has 108 valence electrons. The van der Waals surface area contributed by atoms with Gasteiger partial charge in [0.25, 0.3) is 0 Å². The Hall–Kier alpha value is 0.153. The topological polar surface area (TPSA) is 32.6 Å². The molecule has 3 aliphatic rings. The SMILES string of the molecule is Cc1cccc(C=NC23CCCC(C2)C3)c1O.[Cl][Zr][Cl]. The monoisotopic (exact) mass is 389 g/mol. The Morgan fingerprint density at radius 2 is 2.10 bits per heavy atom. The Morgan fingerprint density at radius 3 is 2.70 bits per heavy atom. The minimum atomic E-state index is -0.826. The number of halogens is 2. The van der Waals surface area contributed by atoms with Crippen LogP contribution in [-0.4, -0.2) is 16.9 Å². The number of nitrogens with zero attached hydrogens (tertiary/aromatic N) is 1. The van der Waals surface area contributed by atoms with Crippen molar-refractivity contribution in [1.29, 1.82) is 0 Å². The molecule has 0 atom stereocenters. The summed E-state index contributed by atoms with van der Waals surface area (Å²) in [6.45, 7) is 1.92. The number of hydrogen-bond acceptors (Lipinski definition) is 2. The normalized spacial score (nSPS) is 27.4. The average Bonchev–Trinajstić information content (AvgIpc) is 2.41. The Kier molecular flexibility index (Phi) is 6.13. The van der Waals surface area contributed by atoms with Crippen molar-refractivity contribution >= 4 is 23.2 Å². The van der Waals surface area contributed by atoms with Gasteiger partial charge in [-0.25, -0.2) is 0 Å². The van der Waals surface area contributed by atoms with Crippen molar-refractivity contribution in [3.05, 3.63) is 29.3 Å². The summed E-state index contributed by atoms with van der Waals surface area (Å²) in [5.74, 6) is 1.30. The molecule has 0 spiro atoms. The van der Waals surface area contributed by atoms with Gasteiger partial charge in [-0.05, 0) is 43.7 Å². The van der Waals surface area contributed by atoms with Crippen molar-refractivity contribution in [2.45, 2.75) is 44.6 Å². The maximum absolute atomic E-state index is 9.93. The number of fused-ring (bicyclic) bond motifs is 2. The van der Waals surface area contributed by atoms with Gasteiger partial charge >= 0.3 is 37.9 Å². The number of phenolic OH excluding ortho intramolecular Hbond substituents is 1. The molecule has 1 aromatic rings. The van der Waals surface area contributed by atoms with Crippen LogP contribution >= 0.6 is 17.0 Å². The maximum atomic E-state index is 9.93. The molecular formula is C15H19Cl2NOZr. The Bertz CT molecular complexity index is 481. The van der Waals surface area contributed by atoms with Gasteiger partial charge < -0.3 is 5.11 Å². The molecule has 1 N–H and O–H groups in total. The van der Waals surface area contributed by atoms with Crippen molar-refractivity contribution in [3.8, 4) is 5.75 Å². The van der Waals surface area contributed by atoms with Crippen molar-refractivity contribution < 1.29 is 26.0 Å². The molecule has 0 unspecified atom stereocenters.